The fourth-order valence-corrected chi connectivity index (χ4v) is 1.99. The van der Waals surface area contributed by atoms with Crippen molar-refractivity contribution in [1.29, 1.82) is 0 Å². The van der Waals surface area contributed by atoms with Crippen LogP contribution in [0.2, 0.25) is 0 Å². The molecule has 0 aromatic heterocycles. The Labute approximate surface area is 112 Å². The molecule has 2 rings (SSSR count). The number of benzene rings is 2. The van der Waals surface area contributed by atoms with Crippen molar-refractivity contribution in [3.05, 3.63) is 54.1 Å². The molecule has 0 N–H and O–H groups in total. The number of hydrogen-bond donors (Lipinski definition) is 0. The van der Waals surface area contributed by atoms with E-state index in [1.165, 1.54) is 11.8 Å². The summed E-state index contributed by atoms with van der Waals surface area (Å²) in [5, 5.41) is 0. The number of carbonyl (C=O) groups excluding carboxylic acids is 2. The molecule has 96 valence electrons. The molecule has 0 aliphatic heterocycles. The molecule has 0 bridgehead atoms. The van der Waals surface area contributed by atoms with Gasteiger partial charge in [0, 0.05) is 12.6 Å². The van der Waals surface area contributed by atoms with E-state index in [9.17, 15) is 9.59 Å². The summed E-state index contributed by atoms with van der Waals surface area (Å²) in [7, 11) is 1.64. The molecular formula is C16H15NO2. The molecule has 0 spiro atoms. The summed E-state index contributed by atoms with van der Waals surface area (Å²) in [6.07, 6.45) is 0.705. The lowest BCUT2D eigenvalue weighted by molar-refractivity contribution is -0.107. The van der Waals surface area contributed by atoms with Gasteiger partial charge in [-0.3, -0.25) is 9.59 Å². The summed E-state index contributed by atoms with van der Waals surface area (Å²) >= 11 is 0. The lowest BCUT2D eigenvalue weighted by Gasteiger charge is -2.16. The van der Waals surface area contributed by atoms with Crippen LogP contribution in [0.3, 0.4) is 0 Å². The van der Waals surface area contributed by atoms with Crippen molar-refractivity contribution in [2.45, 2.75) is 6.92 Å². The third kappa shape index (κ3) is 2.71. The minimum Gasteiger partial charge on any atom is -0.317 e. The Kier molecular flexibility index (Phi) is 3.76. The molecule has 0 saturated heterocycles. The van der Waals surface area contributed by atoms with E-state index in [-0.39, 0.29) is 5.78 Å². The van der Waals surface area contributed by atoms with E-state index < -0.39 is 0 Å². The van der Waals surface area contributed by atoms with E-state index in [0.717, 1.165) is 11.1 Å². The first-order chi connectivity index (χ1) is 9.13. The Morgan fingerprint density at radius 3 is 2.32 bits per heavy atom. The maximum absolute atomic E-state index is 11.6. The molecule has 0 aliphatic carbocycles. The maximum Gasteiger partial charge on any atom is 0.213 e. The van der Waals surface area contributed by atoms with Gasteiger partial charge in [0.25, 0.3) is 0 Å². The van der Waals surface area contributed by atoms with Gasteiger partial charge in [-0.15, -0.1) is 0 Å². The van der Waals surface area contributed by atoms with Crippen molar-refractivity contribution in [3.8, 4) is 11.1 Å². The number of rotatable bonds is 4. The first-order valence-corrected chi connectivity index (χ1v) is 6.02. The van der Waals surface area contributed by atoms with Gasteiger partial charge in [-0.05, 0) is 30.2 Å². The fraction of sp³-hybridized carbons (Fsp3) is 0.125. The number of ketones is 1. The number of carbonyl (C=O) groups is 2. The summed E-state index contributed by atoms with van der Waals surface area (Å²) < 4.78 is 0. The summed E-state index contributed by atoms with van der Waals surface area (Å²) in [5.41, 5.74) is 3.21. The van der Waals surface area contributed by atoms with Crippen LogP contribution in [0.1, 0.15) is 17.3 Å². The quantitative estimate of drug-likeness (QED) is 0.620. The topological polar surface area (TPSA) is 37.4 Å². The van der Waals surface area contributed by atoms with E-state index >= 15 is 0 Å². The summed E-state index contributed by atoms with van der Waals surface area (Å²) in [6.45, 7) is 1.50. The van der Waals surface area contributed by atoms with E-state index in [1.807, 2.05) is 42.5 Å². The smallest absolute Gasteiger partial charge is 0.213 e. The number of Topliss-reactive ketones (excluding diaryl/α,β-unsaturated/α-hetero) is 1. The molecule has 0 unspecified atom stereocenters. The average molecular weight is 253 g/mol. The molecule has 0 aliphatic rings. The molecule has 2 aromatic rings. The molecule has 19 heavy (non-hydrogen) atoms. The highest BCUT2D eigenvalue weighted by Gasteiger charge is 2.12. The third-order valence-corrected chi connectivity index (χ3v) is 3.02. The van der Waals surface area contributed by atoms with Crippen LogP contribution in [0.5, 0.6) is 0 Å². The van der Waals surface area contributed by atoms with Crippen LogP contribution in [-0.2, 0) is 4.79 Å². The zero-order chi connectivity index (χ0) is 13.8. The molecule has 1 amide bonds. The largest absolute Gasteiger partial charge is 0.317 e. The minimum atomic E-state index is -0.0525. The third-order valence-electron chi connectivity index (χ3n) is 3.02. The van der Waals surface area contributed by atoms with E-state index in [1.54, 1.807) is 13.1 Å². The van der Waals surface area contributed by atoms with Gasteiger partial charge in [-0.25, -0.2) is 0 Å². The zero-order valence-electron chi connectivity index (χ0n) is 11.0. The van der Waals surface area contributed by atoms with Crippen LogP contribution in [0.25, 0.3) is 11.1 Å². The second-order valence-electron chi connectivity index (χ2n) is 4.37. The predicted octanol–water partition coefficient (Wildman–Crippen LogP) is 3.15. The molecule has 3 nitrogen and oxygen atoms in total. The standard InChI is InChI=1S/C16H15NO2/c1-12(19)15-9-8-14(10-16(15)17(2)11-18)13-6-4-3-5-7-13/h3-11H,1-2H3. The Balaban J connectivity index is 2.56. The summed E-state index contributed by atoms with van der Waals surface area (Å²) in [4.78, 5) is 24.0. The highest BCUT2D eigenvalue weighted by atomic mass is 16.1. The molecule has 0 fully saturated rings. The number of nitrogens with zero attached hydrogens (tertiary/aromatic N) is 1. The second-order valence-corrected chi connectivity index (χ2v) is 4.37. The van der Waals surface area contributed by atoms with Crippen molar-refractivity contribution >= 4 is 17.9 Å². The van der Waals surface area contributed by atoms with E-state index in [0.29, 0.717) is 17.7 Å². The Bertz CT molecular complexity index is 605. The highest BCUT2D eigenvalue weighted by Crippen LogP contribution is 2.27. The predicted molar refractivity (Wildman–Crippen MR) is 76.3 cm³/mol. The van der Waals surface area contributed by atoms with Crippen LogP contribution in [-0.4, -0.2) is 19.2 Å². The second kappa shape index (κ2) is 5.48. The normalized spacial score (nSPS) is 10.0. The number of anilines is 1. The lowest BCUT2D eigenvalue weighted by atomic mass is 10.0. The van der Waals surface area contributed by atoms with Crippen LogP contribution in [0.15, 0.2) is 48.5 Å². The van der Waals surface area contributed by atoms with Crippen molar-refractivity contribution in [2.24, 2.45) is 0 Å². The van der Waals surface area contributed by atoms with Gasteiger partial charge in [0.1, 0.15) is 0 Å². The molecular weight excluding hydrogens is 238 g/mol. The zero-order valence-corrected chi connectivity index (χ0v) is 11.0. The van der Waals surface area contributed by atoms with E-state index in [4.69, 9.17) is 0 Å². The van der Waals surface area contributed by atoms with Crippen LogP contribution in [0, 0.1) is 0 Å². The Morgan fingerprint density at radius 1 is 1.05 bits per heavy atom. The first-order valence-electron chi connectivity index (χ1n) is 6.02. The maximum atomic E-state index is 11.6. The van der Waals surface area contributed by atoms with Crippen molar-refractivity contribution < 1.29 is 9.59 Å². The van der Waals surface area contributed by atoms with Crippen molar-refractivity contribution in [1.82, 2.24) is 0 Å². The van der Waals surface area contributed by atoms with Gasteiger partial charge >= 0.3 is 0 Å². The SMILES string of the molecule is CC(=O)c1ccc(-c2ccccc2)cc1N(C)C=O. The van der Waals surface area contributed by atoms with Crippen LogP contribution >= 0.6 is 0 Å². The molecule has 0 atom stereocenters. The summed E-state index contributed by atoms with van der Waals surface area (Å²) in [5.74, 6) is -0.0525. The van der Waals surface area contributed by atoms with Crippen molar-refractivity contribution in [3.63, 3.8) is 0 Å². The Hall–Kier alpha value is -2.42. The molecule has 2 aromatic carbocycles. The lowest BCUT2D eigenvalue weighted by Crippen LogP contribution is -2.17. The monoisotopic (exact) mass is 253 g/mol. The number of amides is 1. The first kappa shape index (κ1) is 13.0. The molecule has 0 radical (unpaired) electrons. The van der Waals surface area contributed by atoms with Gasteiger partial charge in [0.15, 0.2) is 5.78 Å². The average Bonchev–Trinajstić information content (AvgIpc) is 2.46. The molecule has 3 heteroatoms. The van der Waals surface area contributed by atoms with Gasteiger partial charge in [-0.1, -0.05) is 36.4 Å². The highest BCUT2D eigenvalue weighted by molar-refractivity contribution is 6.02. The van der Waals surface area contributed by atoms with Crippen LogP contribution in [0.4, 0.5) is 5.69 Å². The number of hydrogen-bond acceptors (Lipinski definition) is 2. The molecule has 0 saturated carbocycles. The fourth-order valence-electron chi connectivity index (χ4n) is 1.99. The van der Waals surface area contributed by atoms with Gasteiger partial charge in [0.05, 0.1) is 5.69 Å². The van der Waals surface area contributed by atoms with Gasteiger partial charge < -0.3 is 4.90 Å². The van der Waals surface area contributed by atoms with E-state index in [2.05, 4.69) is 0 Å². The van der Waals surface area contributed by atoms with Gasteiger partial charge in [-0.2, -0.15) is 0 Å². The van der Waals surface area contributed by atoms with Gasteiger partial charge in [0.2, 0.25) is 6.41 Å². The van der Waals surface area contributed by atoms with Crippen LogP contribution < -0.4 is 4.90 Å². The minimum absolute atomic E-state index is 0.0525. The summed E-state index contributed by atoms with van der Waals surface area (Å²) in [6, 6.07) is 15.4. The Morgan fingerprint density at radius 2 is 1.74 bits per heavy atom. The van der Waals surface area contributed by atoms with Crippen molar-refractivity contribution in [2.75, 3.05) is 11.9 Å². The molecule has 0 heterocycles.